The van der Waals surface area contributed by atoms with E-state index in [-0.39, 0.29) is 17.1 Å². The summed E-state index contributed by atoms with van der Waals surface area (Å²) < 4.78 is 5.80. The second-order valence-electron chi connectivity index (χ2n) is 2.42. The van der Waals surface area contributed by atoms with E-state index in [1.54, 1.807) is 0 Å². The van der Waals surface area contributed by atoms with Crippen molar-refractivity contribution in [1.29, 1.82) is 0 Å². The van der Waals surface area contributed by atoms with Gasteiger partial charge in [-0.05, 0) is 27.8 Å². The Balaban J connectivity index is 3.44. The molecule has 0 aliphatic heterocycles. The van der Waals surface area contributed by atoms with E-state index in [0.29, 0.717) is 0 Å². The minimum Gasteiger partial charge on any atom is -0.464 e. The van der Waals surface area contributed by atoms with E-state index in [0.717, 1.165) is 0 Å². The van der Waals surface area contributed by atoms with Crippen molar-refractivity contribution in [2.24, 2.45) is 10.7 Å². The summed E-state index contributed by atoms with van der Waals surface area (Å²) in [5, 5.41) is 10.1. The smallest absolute Gasteiger partial charge is 0.361 e. The van der Waals surface area contributed by atoms with Crippen molar-refractivity contribution < 1.29 is 14.3 Å². The topological polar surface area (TPSA) is 120 Å². The van der Waals surface area contributed by atoms with Crippen molar-refractivity contribution >= 4 is 44.4 Å². The number of ether oxygens (including phenoxy) is 1. The molecule has 8 nitrogen and oxygen atoms in total. The zero-order valence-electron chi connectivity index (χ0n) is 8.05. The van der Waals surface area contributed by atoms with Crippen molar-refractivity contribution in [2.45, 2.75) is 0 Å². The van der Waals surface area contributed by atoms with Crippen LogP contribution in [0.15, 0.2) is 4.99 Å². The van der Waals surface area contributed by atoms with Crippen molar-refractivity contribution in [2.75, 3.05) is 7.11 Å². The van der Waals surface area contributed by atoms with Crippen LogP contribution >= 0.6 is 22.6 Å². The van der Waals surface area contributed by atoms with Crippen LogP contribution in [0.2, 0.25) is 0 Å². The lowest BCUT2D eigenvalue weighted by atomic mass is 10.2. The van der Waals surface area contributed by atoms with Gasteiger partial charge in [0.1, 0.15) is 5.69 Å². The third kappa shape index (κ3) is 2.48. The summed E-state index contributed by atoms with van der Waals surface area (Å²) in [5.41, 5.74) is 4.56. The van der Waals surface area contributed by atoms with Gasteiger partial charge in [-0.15, -0.1) is 10.2 Å². The summed E-state index contributed by atoms with van der Waals surface area (Å²) in [7, 11) is 1.17. The number of primary amides is 1. The molecule has 1 amide bonds. The van der Waals surface area contributed by atoms with E-state index in [1.165, 1.54) is 11.3 Å². The molecule has 16 heavy (non-hydrogen) atoms. The number of aliphatic imine (C=N–C) groups is 1. The highest BCUT2D eigenvalue weighted by molar-refractivity contribution is 14.1. The summed E-state index contributed by atoms with van der Waals surface area (Å²) in [6, 6.07) is 0. The van der Waals surface area contributed by atoms with E-state index < -0.39 is 11.9 Å². The van der Waals surface area contributed by atoms with Crippen LogP contribution in [-0.2, 0) is 4.74 Å². The Bertz CT molecular complexity index is 461. The number of rotatable bonds is 3. The SMILES string of the molecule is COC(=O)c1nnnc(C(N)=O)c1N=CI. The molecule has 1 heterocycles. The minimum absolute atomic E-state index is 0.0521. The normalized spacial score (nSPS) is 10.4. The molecule has 0 aliphatic carbocycles. The first kappa shape index (κ1) is 12.4. The Kier molecular flexibility index (Phi) is 4.22. The van der Waals surface area contributed by atoms with Crippen LogP contribution in [0.1, 0.15) is 21.0 Å². The van der Waals surface area contributed by atoms with Crippen molar-refractivity contribution in [1.82, 2.24) is 15.4 Å². The van der Waals surface area contributed by atoms with Gasteiger partial charge in [-0.3, -0.25) is 4.79 Å². The highest BCUT2D eigenvalue weighted by Gasteiger charge is 2.21. The Labute approximate surface area is 103 Å². The molecule has 0 bridgehead atoms. The lowest BCUT2D eigenvalue weighted by Crippen LogP contribution is -2.18. The summed E-state index contributed by atoms with van der Waals surface area (Å²) >= 11 is 1.81. The maximum atomic E-state index is 11.3. The van der Waals surface area contributed by atoms with Crippen LogP contribution in [0.4, 0.5) is 5.69 Å². The van der Waals surface area contributed by atoms with Crippen LogP contribution in [0.5, 0.6) is 0 Å². The molecular formula is C7H6IN5O3. The second kappa shape index (κ2) is 5.44. The van der Waals surface area contributed by atoms with Crippen molar-refractivity contribution in [3.63, 3.8) is 0 Å². The number of aromatic nitrogens is 3. The van der Waals surface area contributed by atoms with Gasteiger partial charge in [-0.2, -0.15) is 0 Å². The van der Waals surface area contributed by atoms with Gasteiger partial charge in [0.2, 0.25) is 5.69 Å². The molecule has 0 unspecified atom stereocenters. The predicted molar refractivity (Wildman–Crippen MR) is 61.9 cm³/mol. The van der Waals surface area contributed by atoms with Gasteiger partial charge < -0.3 is 10.5 Å². The molecule has 0 spiro atoms. The molecule has 0 aromatic carbocycles. The van der Waals surface area contributed by atoms with Gasteiger partial charge in [-0.1, -0.05) is 0 Å². The molecule has 9 heteroatoms. The molecule has 1 rings (SSSR count). The standard InChI is InChI=1S/C7H6IN5O3/c1-16-7(15)5-3(10-2-8)4(6(9)14)11-13-12-5/h2H,1H3,(H2,9,14). The molecule has 84 valence electrons. The third-order valence-corrected chi connectivity index (χ3v) is 1.81. The first-order chi connectivity index (χ1) is 7.61. The number of methoxy groups -OCH3 is 1. The first-order valence-electron chi connectivity index (χ1n) is 3.86. The largest absolute Gasteiger partial charge is 0.464 e. The molecule has 0 saturated carbocycles. The molecule has 0 fully saturated rings. The Morgan fingerprint density at radius 3 is 2.56 bits per heavy atom. The fourth-order valence-electron chi connectivity index (χ4n) is 0.890. The summed E-state index contributed by atoms with van der Waals surface area (Å²) in [4.78, 5) is 26.1. The van der Waals surface area contributed by atoms with Gasteiger partial charge in [0.05, 0.1) is 11.3 Å². The van der Waals surface area contributed by atoms with E-state index in [4.69, 9.17) is 5.73 Å². The molecular weight excluding hydrogens is 329 g/mol. The Morgan fingerprint density at radius 1 is 1.44 bits per heavy atom. The number of nitrogens with two attached hydrogens (primary N) is 1. The van der Waals surface area contributed by atoms with Gasteiger partial charge in [-0.25, -0.2) is 9.79 Å². The lowest BCUT2D eigenvalue weighted by Gasteiger charge is -2.03. The average Bonchev–Trinajstić information content (AvgIpc) is 2.28. The monoisotopic (exact) mass is 335 g/mol. The van der Waals surface area contributed by atoms with E-state index >= 15 is 0 Å². The van der Waals surface area contributed by atoms with Crippen LogP contribution in [-0.4, -0.2) is 38.6 Å². The maximum Gasteiger partial charge on any atom is 0.361 e. The minimum atomic E-state index is -0.850. The number of hydrogen-bond acceptors (Lipinski definition) is 7. The average molecular weight is 335 g/mol. The third-order valence-electron chi connectivity index (χ3n) is 1.53. The van der Waals surface area contributed by atoms with Crippen molar-refractivity contribution in [3.8, 4) is 0 Å². The quantitative estimate of drug-likeness (QED) is 0.466. The molecule has 1 aromatic rings. The highest BCUT2D eigenvalue weighted by atomic mass is 127. The number of carbonyl (C=O) groups excluding carboxylic acids is 2. The number of hydrogen-bond donors (Lipinski definition) is 1. The van der Waals surface area contributed by atoms with E-state index in [1.807, 2.05) is 22.6 Å². The fourth-order valence-corrected chi connectivity index (χ4v) is 1.17. The number of esters is 1. The predicted octanol–water partition coefficient (Wildman–Crippen LogP) is -0.148. The van der Waals surface area contributed by atoms with Crippen LogP contribution < -0.4 is 5.73 Å². The second-order valence-corrected chi connectivity index (χ2v) is 2.97. The summed E-state index contributed by atoms with van der Waals surface area (Å²) in [5.74, 6) is -1.62. The number of amides is 1. The molecule has 0 radical (unpaired) electrons. The van der Waals surface area contributed by atoms with Gasteiger partial charge >= 0.3 is 5.97 Å². The summed E-state index contributed by atoms with van der Waals surface area (Å²) in [6.45, 7) is 0. The molecule has 2 N–H and O–H groups in total. The van der Waals surface area contributed by atoms with Gasteiger partial charge in [0, 0.05) is 0 Å². The molecule has 0 aliphatic rings. The van der Waals surface area contributed by atoms with Crippen LogP contribution in [0, 0.1) is 0 Å². The number of carbonyl (C=O) groups is 2. The first-order valence-corrected chi connectivity index (χ1v) is 5.10. The van der Waals surface area contributed by atoms with Gasteiger partial charge in [0.15, 0.2) is 5.69 Å². The Morgan fingerprint density at radius 2 is 2.06 bits per heavy atom. The Hall–Kier alpha value is -1.65. The fraction of sp³-hybridized carbons (Fsp3) is 0.143. The van der Waals surface area contributed by atoms with Gasteiger partial charge in [0.25, 0.3) is 5.91 Å². The van der Waals surface area contributed by atoms with Crippen LogP contribution in [0.3, 0.4) is 0 Å². The van der Waals surface area contributed by atoms with Crippen molar-refractivity contribution in [3.05, 3.63) is 11.4 Å². The summed E-state index contributed by atoms with van der Waals surface area (Å²) in [6.07, 6.45) is 0. The highest BCUT2D eigenvalue weighted by Crippen LogP contribution is 2.20. The maximum absolute atomic E-state index is 11.3. The molecule has 0 atom stereocenters. The van der Waals surface area contributed by atoms with Crippen LogP contribution in [0.25, 0.3) is 0 Å². The molecule has 0 saturated heterocycles. The zero-order valence-corrected chi connectivity index (χ0v) is 10.2. The molecule has 1 aromatic heterocycles. The zero-order chi connectivity index (χ0) is 12.1. The number of nitrogens with zero attached hydrogens (tertiary/aromatic N) is 4. The van der Waals surface area contributed by atoms with E-state index in [9.17, 15) is 9.59 Å². The lowest BCUT2D eigenvalue weighted by molar-refractivity contribution is 0.0593. The van der Waals surface area contributed by atoms with E-state index in [2.05, 4.69) is 25.1 Å². The number of halogens is 1.